The number of nitrogens with one attached hydrogen (secondary N) is 1. The summed E-state index contributed by atoms with van der Waals surface area (Å²) >= 11 is 2.84. The lowest BCUT2D eigenvalue weighted by atomic mass is 10.1. The summed E-state index contributed by atoms with van der Waals surface area (Å²) in [5.41, 5.74) is 3.31. The van der Waals surface area contributed by atoms with Crippen molar-refractivity contribution in [2.75, 3.05) is 11.6 Å². The largest absolute Gasteiger partial charge is 0.481 e. The Balaban J connectivity index is 2.05. The van der Waals surface area contributed by atoms with Crippen molar-refractivity contribution in [1.82, 2.24) is 10.2 Å². The molecule has 0 fully saturated rings. The summed E-state index contributed by atoms with van der Waals surface area (Å²) in [7, 11) is 0. The molecule has 0 bridgehead atoms. The molecule has 1 heterocycles. The minimum atomic E-state index is -0.610. The molecule has 22 heavy (non-hydrogen) atoms. The van der Waals surface area contributed by atoms with Crippen LogP contribution in [0.15, 0.2) is 16.5 Å². The van der Waals surface area contributed by atoms with Crippen molar-refractivity contribution in [3.05, 3.63) is 28.8 Å². The zero-order chi connectivity index (χ0) is 16.3. The molecule has 1 N–H and O–H groups in total. The number of aromatic nitrogens is 2. The molecule has 5 nitrogen and oxygen atoms in total. The van der Waals surface area contributed by atoms with Crippen LogP contribution >= 0.6 is 23.1 Å². The van der Waals surface area contributed by atoms with E-state index in [0.717, 1.165) is 26.8 Å². The van der Waals surface area contributed by atoms with Crippen molar-refractivity contribution in [3.8, 4) is 5.75 Å². The minimum absolute atomic E-state index is 0.234. The van der Waals surface area contributed by atoms with Gasteiger partial charge in [-0.2, -0.15) is 0 Å². The van der Waals surface area contributed by atoms with Crippen LogP contribution in [0.25, 0.3) is 0 Å². The molecule has 0 saturated heterocycles. The summed E-state index contributed by atoms with van der Waals surface area (Å²) in [6.07, 6.45) is 1.31. The van der Waals surface area contributed by atoms with Gasteiger partial charge < -0.3 is 4.74 Å². The molecule has 0 unspecified atom stereocenters. The number of carbonyl (C=O) groups excluding carboxylic acids is 1. The number of amides is 1. The maximum Gasteiger partial charge on any atom is 0.266 e. The number of benzene rings is 1. The average molecular weight is 337 g/mol. The number of hydrogen-bond donors (Lipinski definition) is 1. The first-order chi connectivity index (χ1) is 10.4. The first kappa shape index (κ1) is 16.8. The number of nitrogens with zero attached hydrogens (tertiary/aromatic N) is 2. The SMILES string of the molecule is CSc1nnc(NC(=O)[C@@H](C)Oc2cc(C)cc(C)c2C)s1. The molecule has 7 heteroatoms. The second-order valence-corrected chi connectivity index (χ2v) is 7.06. The zero-order valence-electron chi connectivity index (χ0n) is 13.3. The lowest BCUT2D eigenvalue weighted by molar-refractivity contribution is -0.122. The van der Waals surface area contributed by atoms with Crippen LogP contribution in [0.5, 0.6) is 5.75 Å². The van der Waals surface area contributed by atoms with Crippen LogP contribution in [0.3, 0.4) is 0 Å². The van der Waals surface area contributed by atoms with E-state index in [0.29, 0.717) is 5.13 Å². The zero-order valence-corrected chi connectivity index (χ0v) is 14.9. The van der Waals surface area contributed by atoms with Crippen LogP contribution in [-0.2, 0) is 4.79 Å². The molecule has 0 aliphatic carbocycles. The molecule has 0 spiro atoms. The van der Waals surface area contributed by atoms with E-state index in [-0.39, 0.29) is 5.91 Å². The van der Waals surface area contributed by atoms with Crippen molar-refractivity contribution in [2.24, 2.45) is 0 Å². The molecular formula is C15H19N3O2S2. The van der Waals surface area contributed by atoms with Gasteiger partial charge >= 0.3 is 0 Å². The fourth-order valence-electron chi connectivity index (χ4n) is 1.92. The van der Waals surface area contributed by atoms with Crippen molar-refractivity contribution >= 4 is 34.1 Å². The molecule has 2 rings (SSSR count). The monoisotopic (exact) mass is 337 g/mol. The van der Waals surface area contributed by atoms with E-state index in [4.69, 9.17) is 4.74 Å². The van der Waals surface area contributed by atoms with E-state index >= 15 is 0 Å². The van der Waals surface area contributed by atoms with E-state index in [1.54, 1.807) is 6.92 Å². The quantitative estimate of drug-likeness (QED) is 0.667. The third kappa shape index (κ3) is 3.98. The van der Waals surface area contributed by atoms with Gasteiger partial charge in [-0.05, 0) is 56.7 Å². The van der Waals surface area contributed by atoms with Gasteiger partial charge in [-0.3, -0.25) is 10.1 Å². The first-order valence-electron chi connectivity index (χ1n) is 6.83. The van der Waals surface area contributed by atoms with Crippen LogP contribution in [0.2, 0.25) is 0 Å². The number of carbonyl (C=O) groups is 1. The molecule has 0 aliphatic heterocycles. The second kappa shape index (κ2) is 7.11. The number of rotatable bonds is 5. The van der Waals surface area contributed by atoms with Gasteiger partial charge in [-0.15, -0.1) is 10.2 Å². The number of aryl methyl sites for hydroxylation is 2. The molecular weight excluding hydrogens is 318 g/mol. The van der Waals surface area contributed by atoms with Crippen LogP contribution < -0.4 is 10.1 Å². The molecule has 0 saturated carbocycles. The summed E-state index contributed by atoms with van der Waals surface area (Å²) in [4.78, 5) is 12.2. The van der Waals surface area contributed by atoms with E-state index in [2.05, 4.69) is 21.6 Å². The highest BCUT2D eigenvalue weighted by Crippen LogP contribution is 2.25. The third-order valence-electron chi connectivity index (χ3n) is 3.25. The van der Waals surface area contributed by atoms with Gasteiger partial charge in [0.25, 0.3) is 5.91 Å². The van der Waals surface area contributed by atoms with Gasteiger partial charge in [0.15, 0.2) is 10.4 Å². The minimum Gasteiger partial charge on any atom is -0.481 e. The van der Waals surface area contributed by atoms with E-state index in [1.807, 2.05) is 33.1 Å². The lowest BCUT2D eigenvalue weighted by Crippen LogP contribution is -2.30. The smallest absolute Gasteiger partial charge is 0.266 e. The van der Waals surface area contributed by atoms with Crippen LogP contribution in [0.1, 0.15) is 23.6 Å². The standard InChI is InChI=1S/C15H19N3O2S2/c1-8-6-9(2)10(3)12(7-8)20-11(4)13(19)16-14-17-18-15(21-5)22-14/h6-7,11H,1-5H3,(H,16,17,19)/t11-/m1/s1. The average Bonchev–Trinajstić information content (AvgIpc) is 2.91. The topological polar surface area (TPSA) is 64.1 Å². The maximum absolute atomic E-state index is 12.2. The molecule has 2 aromatic rings. The molecule has 1 aromatic carbocycles. The highest BCUT2D eigenvalue weighted by atomic mass is 32.2. The van der Waals surface area contributed by atoms with Gasteiger partial charge in [0.2, 0.25) is 5.13 Å². The third-order valence-corrected chi connectivity index (χ3v) is 5.06. The highest BCUT2D eigenvalue weighted by Gasteiger charge is 2.18. The molecule has 118 valence electrons. The predicted octanol–water partition coefficient (Wildman–Crippen LogP) is 3.59. The Bertz CT molecular complexity index is 685. The fourth-order valence-corrected chi connectivity index (χ4v) is 3.09. The first-order valence-corrected chi connectivity index (χ1v) is 8.87. The Morgan fingerprint density at radius 3 is 2.68 bits per heavy atom. The summed E-state index contributed by atoms with van der Waals surface area (Å²) in [5, 5.41) is 11.1. The van der Waals surface area contributed by atoms with E-state index in [9.17, 15) is 4.79 Å². The lowest BCUT2D eigenvalue weighted by Gasteiger charge is -2.17. The van der Waals surface area contributed by atoms with Gasteiger partial charge in [0.1, 0.15) is 5.75 Å². The summed E-state index contributed by atoms with van der Waals surface area (Å²) in [5.74, 6) is 0.504. The van der Waals surface area contributed by atoms with E-state index < -0.39 is 6.10 Å². The number of anilines is 1. The summed E-state index contributed by atoms with van der Waals surface area (Å²) < 4.78 is 6.63. The van der Waals surface area contributed by atoms with Crippen LogP contribution in [-0.4, -0.2) is 28.5 Å². The Hall–Kier alpha value is -1.60. The van der Waals surface area contributed by atoms with Crippen LogP contribution in [0, 0.1) is 20.8 Å². The van der Waals surface area contributed by atoms with Crippen molar-refractivity contribution < 1.29 is 9.53 Å². The van der Waals surface area contributed by atoms with Crippen molar-refractivity contribution in [3.63, 3.8) is 0 Å². The molecule has 1 atom stereocenters. The van der Waals surface area contributed by atoms with Crippen LogP contribution in [0.4, 0.5) is 5.13 Å². The Labute approximate surface area is 138 Å². The predicted molar refractivity (Wildman–Crippen MR) is 91.1 cm³/mol. The fraction of sp³-hybridized carbons (Fsp3) is 0.400. The van der Waals surface area contributed by atoms with E-state index in [1.165, 1.54) is 23.1 Å². The van der Waals surface area contributed by atoms with Gasteiger partial charge in [-0.25, -0.2) is 0 Å². The van der Waals surface area contributed by atoms with Crippen molar-refractivity contribution in [2.45, 2.75) is 38.1 Å². The number of thioether (sulfide) groups is 1. The van der Waals surface area contributed by atoms with Gasteiger partial charge in [-0.1, -0.05) is 29.2 Å². The summed E-state index contributed by atoms with van der Waals surface area (Å²) in [6.45, 7) is 7.76. The Morgan fingerprint density at radius 1 is 1.32 bits per heavy atom. The molecule has 1 amide bonds. The number of hydrogen-bond acceptors (Lipinski definition) is 6. The molecule has 0 radical (unpaired) electrons. The Morgan fingerprint density at radius 2 is 2.05 bits per heavy atom. The second-order valence-electron chi connectivity index (χ2n) is 5.03. The molecule has 0 aliphatic rings. The van der Waals surface area contributed by atoms with Gasteiger partial charge in [0.05, 0.1) is 0 Å². The Kier molecular flexibility index (Phi) is 5.42. The maximum atomic E-state index is 12.2. The van der Waals surface area contributed by atoms with Crippen molar-refractivity contribution in [1.29, 1.82) is 0 Å². The summed E-state index contributed by atoms with van der Waals surface area (Å²) in [6, 6.07) is 4.04. The molecule has 1 aromatic heterocycles. The number of ether oxygens (including phenoxy) is 1. The highest BCUT2D eigenvalue weighted by molar-refractivity contribution is 8.00. The normalized spacial score (nSPS) is 12.0. The van der Waals surface area contributed by atoms with Gasteiger partial charge in [0, 0.05) is 0 Å².